The maximum absolute atomic E-state index is 13.4. The van der Waals surface area contributed by atoms with Crippen LogP contribution in [0.4, 0.5) is 13.2 Å². The molecule has 2 amide bonds. The third kappa shape index (κ3) is 3.93. The highest BCUT2D eigenvalue weighted by molar-refractivity contribution is 5.99. The number of rotatable bonds is 3. The average Bonchev–Trinajstić information content (AvgIpc) is 3.44. The van der Waals surface area contributed by atoms with E-state index < -0.39 is 12.1 Å². The molecule has 0 spiro atoms. The van der Waals surface area contributed by atoms with Crippen molar-refractivity contribution in [1.82, 2.24) is 19.9 Å². The lowest BCUT2D eigenvalue weighted by molar-refractivity contribution is -0.159. The summed E-state index contributed by atoms with van der Waals surface area (Å²) < 4.78 is 42.8. The monoisotopic (exact) mass is 470 g/mol. The van der Waals surface area contributed by atoms with Gasteiger partial charge in [0.05, 0.1) is 6.04 Å². The molecule has 2 atom stereocenters. The van der Waals surface area contributed by atoms with Crippen molar-refractivity contribution >= 4 is 11.8 Å². The van der Waals surface area contributed by atoms with Crippen LogP contribution < -0.4 is 0 Å². The first-order chi connectivity index (χ1) is 16.2. The van der Waals surface area contributed by atoms with Crippen LogP contribution in [0.25, 0.3) is 11.4 Å². The van der Waals surface area contributed by atoms with Gasteiger partial charge < -0.3 is 14.3 Å². The van der Waals surface area contributed by atoms with E-state index in [0.717, 1.165) is 12.0 Å². The number of hydrogen-bond donors (Lipinski definition) is 0. The Morgan fingerprint density at radius 2 is 1.91 bits per heavy atom. The van der Waals surface area contributed by atoms with Crippen LogP contribution in [0.15, 0.2) is 53.1 Å². The summed E-state index contributed by atoms with van der Waals surface area (Å²) >= 11 is 0. The van der Waals surface area contributed by atoms with Crippen LogP contribution in [0.5, 0.6) is 0 Å². The maximum Gasteiger partial charge on any atom is 0.471 e. The standard InChI is InChI=1S/C24H21F3N4O3/c1-14(32)30-10-9-18(15-5-3-2-4-6-15)20(13-30)31-12-17-11-16(7-8-19(17)22(31)33)21-28-23(34-29-21)24(25,26)27/h2-8,11,18,20H,9-10,12-13H2,1H3. The molecule has 1 saturated heterocycles. The lowest BCUT2D eigenvalue weighted by Gasteiger charge is -2.43. The molecule has 0 N–H and O–H groups in total. The summed E-state index contributed by atoms with van der Waals surface area (Å²) in [5.74, 6) is -1.76. The first-order valence-corrected chi connectivity index (χ1v) is 10.9. The Morgan fingerprint density at radius 1 is 1.15 bits per heavy atom. The van der Waals surface area contributed by atoms with E-state index >= 15 is 0 Å². The zero-order valence-corrected chi connectivity index (χ0v) is 18.2. The Labute approximate surface area is 193 Å². The summed E-state index contributed by atoms with van der Waals surface area (Å²) in [4.78, 5) is 32.4. The van der Waals surface area contributed by atoms with Gasteiger partial charge in [0.25, 0.3) is 5.91 Å². The van der Waals surface area contributed by atoms with Gasteiger partial charge in [-0.05, 0) is 29.7 Å². The van der Waals surface area contributed by atoms with E-state index in [4.69, 9.17) is 0 Å². The van der Waals surface area contributed by atoms with Gasteiger partial charge >= 0.3 is 12.1 Å². The summed E-state index contributed by atoms with van der Waals surface area (Å²) in [5.41, 5.74) is 2.59. The Kier molecular flexibility index (Phi) is 5.38. The molecule has 1 fully saturated rings. The summed E-state index contributed by atoms with van der Waals surface area (Å²) in [6.45, 7) is 2.84. The third-order valence-corrected chi connectivity index (χ3v) is 6.52. The molecule has 0 bridgehead atoms. The molecule has 0 radical (unpaired) electrons. The van der Waals surface area contributed by atoms with Crippen molar-refractivity contribution < 1.29 is 27.3 Å². The zero-order chi connectivity index (χ0) is 24.0. The summed E-state index contributed by atoms with van der Waals surface area (Å²) in [5, 5.41) is 3.44. The maximum atomic E-state index is 13.4. The quantitative estimate of drug-likeness (QED) is 0.576. The minimum atomic E-state index is -4.73. The van der Waals surface area contributed by atoms with E-state index in [1.807, 2.05) is 30.3 Å². The van der Waals surface area contributed by atoms with Crippen molar-refractivity contribution in [3.8, 4) is 11.4 Å². The average molecular weight is 470 g/mol. The molecule has 0 aliphatic carbocycles. The van der Waals surface area contributed by atoms with Gasteiger partial charge in [0.1, 0.15) is 0 Å². The summed E-state index contributed by atoms with van der Waals surface area (Å²) in [7, 11) is 0. The van der Waals surface area contributed by atoms with E-state index in [9.17, 15) is 22.8 Å². The number of benzene rings is 2. The molecular weight excluding hydrogens is 449 g/mol. The normalized spacial score (nSPS) is 20.5. The minimum Gasteiger partial charge on any atom is -0.341 e. The molecule has 2 aromatic carbocycles. The fraction of sp³-hybridized carbons (Fsp3) is 0.333. The molecule has 1 aromatic heterocycles. The molecule has 34 heavy (non-hydrogen) atoms. The Bertz CT molecular complexity index is 1240. The fourth-order valence-corrected chi connectivity index (χ4v) is 4.83. The third-order valence-electron chi connectivity index (χ3n) is 6.52. The minimum absolute atomic E-state index is 0.0412. The van der Waals surface area contributed by atoms with Gasteiger partial charge in [-0.2, -0.15) is 18.2 Å². The highest BCUT2D eigenvalue weighted by atomic mass is 19.4. The second-order valence-corrected chi connectivity index (χ2v) is 8.56. The topological polar surface area (TPSA) is 79.5 Å². The smallest absolute Gasteiger partial charge is 0.341 e. The number of amides is 2. The van der Waals surface area contributed by atoms with E-state index in [1.54, 1.807) is 21.9 Å². The van der Waals surface area contributed by atoms with Gasteiger partial charge in [0.2, 0.25) is 11.7 Å². The fourth-order valence-electron chi connectivity index (χ4n) is 4.83. The van der Waals surface area contributed by atoms with Crippen LogP contribution in [-0.4, -0.2) is 50.9 Å². The molecule has 2 aliphatic heterocycles. The zero-order valence-electron chi connectivity index (χ0n) is 18.2. The number of likely N-dealkylation sites (tertiary alicyclic amines) is 1. The van der Waals surface area contributed by atoms with Crippen LogP contribution in [0, 0.1) is 0 Å². The molecule has 3 heterocycles. The molecule has 3 aromatic rings. The molecular formula is C24H21F3N4O3. The highest BCUT2D eigenvalue weighted by Crippen LogP contribution is 2.37. The molecule has 10 heteroatoms. The van der Waals surface area contributed by atoms with Crippen molar-refractivity contribution in [2.24, 2.45) is 0 Å². The molecule has 176 valence electrons. The van der Waals surface area contributed by atoms with Gasteiger partial charge in [-0.1, -0.05) is 41.6 Å². The predicted molar refractivity (Wildman–Crippen MR) is 114 cm³/mol. The predicted octanol–water partition coefficient (Wildman–Crippen LogP) is 4.12. The molecule has 5 rings (SSSR count). The molecule has 0 saturated carbocycles. The van der Waals surface area contributed by atoms with E-state index in [-0.39, 0.29) is 36.1 Å². The number of hydrogen-bond acceptors (Lipinski definition) is 5. The first-order valence-electron chi connectivity index (χ1n) is 10.9. The Balaban J connectivity index is 1.45. The SMILES string of the molecule is CC(=O)N1CCC(c2ccccc2)C(N2Cc3cc(-c4noc(C(F)(F)F)n4)ccc3C2=O)C1. The van der Waals surface area contributed by atoms with Crippen LogP contribution in [-0.2, 0) is 17.5 Å². The van der Waals surface area contributed by atoms with Crippen molar-refractivity contribution in [3.05, 3.63) is 71.1 Å². The van der Waals surface area contributed by atoms with E-state index in [2.05, 4.69) is 14.7 Å². The molecule has 2 aliphatic rings. The van der Waals surface area contributed by atoms with Gasteiger partial charge in [-0.3, -0.25) is 9.59 Å². The van der Waals surface area contributed by atoms with Crippen molar-refractivity contribution in [2.45, 2.75) is 38.0 Å². The summed E-state index contributed by atoms with van der Waals surface area (Å²) in [6.07, 6.45) is -4.01. The number of alkyl halides is 3. The van der Waals surface area contributed by atoms with Crippen LogP contribution in [0.1, 0.15) is 46.6 Å². The number of nitrogens with zero attached hydrogens (tertiary/aromatic N) is 4. The van der Waals surface area contributed by atoms with Gasteiger partial charge in [-0.15, -0.1) is 0 Å². The second kappa shape index (κ2) is 8.27. The van der Waals surface area contributed by atoms with E-state index in [1.165, 1.54) is 13.0 Å². The Hall–Kier alpha value is -3.69. The molecule has 7 nitrogen and oxygen atoms in total. The van der Waals surface area contributed by atoms with E-state index in [0.29, 0.717) is 29.8 Å². The van der Waals surface area contributed by atoms with Gasteiger partial charge in [0.15, 0.2) is 0 Å². The van der Waals surface area contributed by atoms with Crippen LogP contribution in [0.3, 0.4) is 0 Å². The number of halogens is 3. The largest absolute Gasteiger partial charge is 0.471 e. The second-order valence-electron chi connectivity index (χ2n) is 8.56. The lowest BCUT2D eigenvalue weighted by Crippen LogP contribution is -2.53. The van der Waals surface area contributed by atoms with Crippen molar-refractivity contribution in [2.75, 3.05) is 13.1 Å². The number of carbonyl (C=O) groups is 2. The molecule has 2 unspecified atom stereocenters. The van der Waals surface area contributed by atoms with Crippen LogP contribution in [0.2, 0.25) is 0 Å². The first kappa shape index (κ1) is 22.1. The number of piperidine rings is 1. The van der Waals surface area contributed by atoms with Gasteiger partial charge in [0, 0.05) is 43.6 Å². The van der Waals surface area contributed by atoms with Crippen LogP contribution >= 0.6 is 0 Å². The lowest BCUT2D eigenvalue weighted by atomic mass is 9.84. The van der Waals surface area contributed by atoms with Crippen molar-refractivity contribution in [3.63, 3.8) is 0 Å². The number of carbonyl (C=O) groups excluding carboxylic acids is 2. The highest BCUT2D eigenvalue weighted by Gasteiger charge is 2.41. The summed E-state index contributed by atoms with van der Waals surface area (Å²) in [6, 6.07) is 14.4. The number of fused-ring (bicyclic) bond motifs is 1. The van der Waals surface area contributed by atoms with Crippen molar-refractivity contribution in [1.29, 1.82) is 0 Å². The van der Waals surface area contributed by atoms with Gasteiger partial charge in [-0.25, -0.2) is 0 Å². The number of aromatic nitrogens is 2. The Morgan fingerprint density at radius 3 is 2.59 bits per heavy atom.